The molecule has 2 heterocycles. The highest BCUT2D eigenvalue weighted by atomic mass is 16.5. The molecule has 126 valence electrons. The molecule has 0 spiro atoms. The molecule has 4 rings (SSSR count). The fourth-order valence-corrected chi connectivity index (χ4v) is 2.95. The molecule has 1 aliphatic heterocycles. The average Bonchev–Trinajstić information content (AvgIpc) is 2.63. The van der Waals surface area contributed by atoms with Crippen LogP contribution < -0.4 is 9.47 Å². The minimum absolute atomic E-state index is 0.0349. The zero-order valence-electron chi connectivity index (χ0n) is 13.9. The summed E-state index contributed by atoms with van der Waals surface area (Å²) in [4.78, 5) is 18.8. The van der Waals surface area contributed by atoms with Gasteiger partial charge in [-0.2, -0.15) is 0 Å². The lowest BCUT2D eigenvalue weighted by Gasteiger charge is -2.38. The lowest BCUT2D eigenvalue weighted by atomic mass is 10.1. The molecule has 1 amide bonds. The van der Waals surface area contributed by atoms with Crippen LogP contribution in [-0.4, -0.2) is 42.1 Å². The van der Waals surface area contributed by atoms with Crippen molar-refractivity contribution < 1.29 is 14.3 Å². The minimum atomic E-state index is -0.0382. The summed E-state index contributed by atoms with van der Waals surface area (Å²) in [6, 6.07) is 19.0. The van der Waals surface area contributed by atoms with E-state index in [1.807, 2.05) is 48.5 Å². The normalized spacial score (nSPS) is 14.2. The van der Waals surface area contributed by atoms with Crippen molar-refractivity contribution in [3.8, 4) is 11.6 Å². The van der Waals surface area contributed by atoms with Crippen LogP contribution in [0.2, 0.25) is 0 Å². The van der Waals surface area contributed by atoms with Gasteiger partial charge in [-0.3, -0.25) is 4.79 Å². The van der Waals surface area contributed by atoms with E-state index < -0.39 is 0 Å². The maximum absolute atomic E-state index is 12.6. The third kappa shape index (κ3) is 3.01. The SMILES string of the molecule is COc1ccccc1C(=O)N1CC(Oc2ccc3ccccc3n2)C1. The molecule has 25 heavy (non-hydrogen) atoms. The van der Waals surface area contributed by atoms with Crippen molar-refractivity contribution in [1.29, 1.82) is 0 Å². The van der Waals surface area contributed by atoms with Gasteiger partial charge in [-0.25, -0.2) is 4.98 Å². The second-order valence-corrected chi connectivity index (χ2v) is 5.99. The first kappa shape index (κ1) is 15.4. The van der Waals surface area contributed by atoms with Crippen LogP contribution in [0.25, 0.3) is 10.9 Å². The number of benzene rings is 2. The van der Waals surface area contributed by atoms with Crippen molar-refractivity contribution in [1.82, 2.24) is 9.88 Å². The Morgan fingerprint density at radius 3 is 2.64 bits per heavy atom. The van der Waals surface area contributed by atoms with E-state index in [2.05, 4.69) is 4.98 Å². The number of ether oxygens (including phenoxy) is 2. The van der Waals surface area contributed by atoms with Gasteiger partial charge < -0.3 is 14.4 Å². The van der Waals surface area contributed by atoms with Gasteiger partial charge in [0.05, 0.1) is 31.3 Å². The third-order valence-electron chi connectivity index (χ3n) is 4.33. The van der Waals surface area contributed by atoms with Crippen LogP contribution in [0.3, 0.4) is 0 Å². The minimum Gasteiger partial charge on any atom is -0.496 e. The van der Waals surface area contributed by atoms with Crippen molar-refractivity contribution in [3.05, 3.63) is 66.2 Å². The summed E-state index contributed by atoms with van der Waals surface area (Å²) >= 11 is 0. The lowest BCUT2D eigenvalue weighted by Crippen LogP contribution is -2.56. The van der Waals surface area contributed by atoms with E-state index in [1.165, 1.54) is 0 Å². The highest BCUT2D eigenvalue weighted by Gasteiger charge is 2.34. The zero-order valence-corrected chi connectivity index (χ0v) is 13.9. The molecular weight excluding hydrogens is 316 g/mol. The van der Waals surface area contributed by atoms with Crippen LogP contribution in [0, 0.1) is 0 Å². The Bertz CT molecular complexity index is 919. The van der Waals surface area contributed by atoms with Gasteiger partial charge in [-0.05, 0) is 24.3 Å². The molecule has 0 radical (unpaired) electrons. The van der Waals surface area contributed by atoms with Crippen LogP contribution in [0.5, 0.6) is 11.6 Å². The van der Waals surface area contributed by atoms with Gasteiger partial charge in [0.25, 0.3) is 5.91 Å². The number of carbonyl (C=O) groups is 1. The Morgan fingerprint density at radius 2 is 1.80 bits per heavy atom. The van der Waals surface area contributed by atoms with E-state index in [0.29, 0.717) is 30.3 Å². The molecule has 2 aromatic carbocycles. The van der Waals surface area contributed by atoms with E-state index >= 15 is 0 Å². The molecule has 0 saturated carbocycles. The van der Waals surface area contributed by atoms with Crippen LogP contribution >= 0.6 is 0 Å². The van der Waals surface area contributed by atoms with Crippen molar-refractivity contribution in [3.63, 3.8) is 0 Å². The number of aromatic nitrogens is 1. The quantitative estimate of drug-likeness (QED) is 0.735. The highest BCUT2D eigenvalue weighted by molar-refractivity contribution is 5.97. The van der Waals surface area contributed by atoms with E-state index in [4.69, 9.17) is 9.47 Å². The Morgan fingerprint density at radius 1 is 1.04 bits per heavy atom. The fourth-order valence-electron chi connectivity index (χ4n) is 2.95. The summed E-state index contributed by atoms with van der Waals surface area (Å²) < 4.78 is 11.2. The van der Waals surface area contributed by atoms with Crippen molar-refractivity contribution >= 4 is 16.8 Å². The number of carbonyl (C=O) groups excluding carboxylic acids is 1. The first-order chi connectivity index (χ1) is 12.2. The lowest BCUT2D eigenvalue weighted by molar-refractivity contribution is 0.0159. The van der Waals surface area contributed by atoms with Crippen LogP contribution in [-0.2, 0) is 0 Å². The first-order valence-electron chi connectivity index (χ1n) is 8.19. The Balaban J connectivity index is 1.40. The highest BCUT2D eigenvalue weighted by Crippen LogP contribution is 2.24. The van der Waals surface area contributed by atoms with E-state index in [-0.39, 0.29) is 12.0 Å². The molecule has 1 saturated heterocycles. The van der Waals surface area contributed by atoms with E-state index in [1.54, 1.807) is 24.1 Å². The van der Waals surface area contributed by atoms with E-state index in [9.17, 15) is 4.79 Å². The topological polar surface area (TPSA) is 51.7 Å². The number of methoxy groups -OCH3 is 1. The number of nitrogens with zero attached hydrogens (tertiary/aromatic N) is 2. The largest absolute Gasteiger partial charge is 0.496 e. The number of para-hydroxylation sites is 2. The van der Waals surface area contributed by atoms with Crippen LogP contribution in [0.4, 0.5) is 0 Å². The maximum Gasteiger partial charge on any atom is 0.257 e. The summed E-state index contributed by atoms with van der Waals surface area (Å²) in [5, 5.41) is 1.08. The standard InChI is InChI=1S/C20H18N2O3/c1-24-18-9-5-3-7-16(18)20(23)22-12-15(13-22)25-19-11-10-14-6-2-4-8-17(14)21-19/h2-11,15H,12-13H2,1H3. The second-order valence-electron chi connectivity index (χ2n) is 5.99. The van der Waals surface area contributed by atoms with Gasteiger partial charge in [0.1, 0.15) is 11.9 Å². The van der Waals surface area contributed by atoms with E-state index in [0.717, 1.165) is 10.9 Å². The molecule has 0 atom stereocenters. The molecule has 1 aliphatic rings. The second kappa shape index (κ2) is 6.43. The summed E-state index contributed by atoms with van der Waals surface area (Å²) in [6.07, 6.45) is -0.0349. The number of likely N-dealkylation sites (tertiary alicyclic amines) is 1. The Labute approximate surface area is 145 Å². The van der Waals surface area contributed by atoms with Gasteiger partial charge >= 0.3 is 0 Å². The molecule has 5 nitrogen and oxygen atoms in total. The molecule has 5 heteroatoms. The van der Waals surface area contributed by atoms with Crippen molar-refractivity contribution in [2.75, 3.05) is 20.2 Å². The number of rotatable bonds is 4. The van der Waals surface area contributed by atoms with Crippen molar-refractivity contribution in [2.24, 2.45) is 0 Å². The molecule has 1 aromatic heterocycles. The van der Waals surface area contributed by atoms with Gasteiger partial charge in [0, 0.05) is 11.5 Å². The monoisotopic (exact) mass is 334 g/mol. The van der Waals surface area contributed by atoms with Gasteiger partial charge in [-0.15, -0.1) is 0 Å². The number of pyridine rings is 1. The van der Waals surface area contributed by atoms with Crippen LogP contribution in [0.15, 0.2) is 60.7 Å². The van der Waals surface area contributed by atoms with Gasteiger partial charge in [0.15, 0.2) is 0 Å². The van der Waals surface area contributed by atoms with Crippen LogP contribution in [0.1, 0.15) is 10.4 Å². The molecule has 0 aliphatic carbocycles. The summed E-state index contributed by atoms with van der Waals surface area (Å²) in [7, 11) is 1.57. The molecule has 1 fully saturated rings. The number of amides is 1. The first-order valence-corrected chi connectivity index (χ1v) is 8.19. The van der Waals surface area contributed by atoms with Gasteiger partial charge in [0.2, 0.25) is 5.88 Å². The summed E-state index contributed by atoms with van der Waals surface area (Å²) in [5.74, 6) is 1.14. The van der Waals surface area contributed by atoms with Gasteiger partial charge in [-0.1, -0.05) is 30.3 Å². The fraction of sp³-hybridized carbons (Fsp3) is 0.200. The number of hydrogen-bond donors (Lipinski definition) is 0. The third-order valence-corrected chi connectivity index (χ3v) is 4.33. The Hall–Kier alpha value is -3.08. The molecule has 0 N–H and O–H groups in total. The van der Waals surface area contributed by atoms with Crippen molar-refractivity contribution in [2.45, 2.75) is 6.10 Å². The number of fused-ring (bicyclic) bond motifs is 1. The molecule has 3 aromatic rings. The molecule has 0 unspecified atom stereocenters. The summed E-state index contributed by atoms with van der Waals surface area (Å²) in [6.45, 7) is 1.09. The number of hydrogen-bond acceptors (Lipinski definition) is 4. The molecule has 0 bridgehead atoms. The predicted octanol–water partition coefficient (Wildman–Crippen LogP) is 3.15. The smallest absolute Gasteiger partial charge is 0.257 e. The zero-order chi connectivity index (χ0) is 17.2. The maximum atomic E-state index is 12.6. The molecular formula is C20H18N2O3. The summed E-state index contributed by atoms with van der Waals surface area (Å²) in [5.41, 5.74) is 1.48. The predicted molar refractivity (Wildman–Crippen MR) is 95.1 cm³/mol. The average molecular weight is 334 g/mol. The Kier molecular flexibility index (Phi) is 3.98.